The van der Waals surface area contributed by atoms with Gasteiger partial charge >= 0.3 is 12.1 Å². The minimum absolute atomic E-state index is 0.0560. The van der Waals surface area contributed by atoms with E-state index < -0.39 is 47.9 Å². The molecule has 12 nitrogen and oxygen atoms in total. The third-order valence-electron chi connectivity index (χ3n) is 8.14. The van der Waals surface area contributed by atoms with Crippen molar-refractivity contribution in [1.82, 2.24) is 30.8 Å². The summed E-state index contributed by atoms with van der Waals surface area (Å²) in [6, 6.07) is 16.5. The Balaban J connectivity index is 1.46. The topological polar surface area (TPSA) is 166 Å². The van der Waals surface area contributed by atoms with Crippen LogP contribution in [0.3, 0.4) is 0 Å². The summed E-state index contributed by atoms with van der Waals surface area (Å²) in [4.78, 5) is 50.7. The maximum absolute atomic E-state index is 13.9. The van der Waals surface area contributed by atoms with Gasteiger partial charge in [0.1, 0.15) is 23.3 Å². The first-order chi connectivity index (χ1) is 24.3. The highest BCUT2D eigenvalue weighted by Gasteiger charge is 2.31. The minimum atomic E-state index is -1.09. The second-order valence-electron chi connectivity index (χ2n) is 13.4. The summed E-state index contributed by atoms with van der Waals surface area (Å²) in [6.45, 7) is 7.25. The van der Waals surface area contributed by atoms with Gasteiger partial charge in [-0.2, -0.15) is 0 Å². The molecule has 0 radical (unpaired) electrons. The number of urea groups is 1. The molecule has 274 valence electrons. The standard InChI is InChI=1S/C37H48N6O6S2/c1-24(2)32(42-35(46)43(5)20-28-22-50-34(40-28)37(3,4)48)33(45)39-27(16-25-12-8-6-9-13-25)18-31(44)30(17-26-14-10-7-11-15-26)41-36(47)49-21-29-19-38-23-51-29/h6-15,19,22-24,27,30-32,44,48H,16-18,20-21H2,1-5H3,(H,39,45)(H,41,47)(H,42,46)/t27-,30-,31+,32+/m1/s1. The number of alkyl carbamates (subject to hydrolysis) is 1. The van der Waals surface area contributed by atoms with Crippen LogP contribution in [0.5, 0.6) is 0 Å². The van der Waals surface area contributed by atoms with Gasteiger partial charge in [0.2, 0.25) is 5.91 Å². The van der Waals surface area contributed by atoms with Gasteiger partial charge in [-0.3, -0.25) is 9.78 Å². The Bertz CT molecular complexity index is 1660. The second kappa shape index (κ2) is 18.7. The fraction of sp³-hybridized carbons (Fsp3) is 0.432. The summed E-state index contributed by atoms with van der Waals surface area (Å²) in [6.07, 6.45) is 0.734. The van der Waals surface area contributed by atoms with Crippen molar-refractivity contribution in [2.24, 2.45) is 5.92 Å². The van der Waals surface area contributed by atoms with Crippen LogP contribution in [-0.4, -0.2) is 74.4 Å². The molecule has 0 bridgehead atoms. The fourth-order valence-corrected chi connectivity index (χ4v) is 6.73. The molecule has 0 aliphatic rings. The van der Waals surface area contributed by atoms with E-state index in [0.717, 1.165) is 16.0 Å². The van der Waals surface area contributed by atoms with E-state index in [-0.39, 0.29) is 25.5 Å². The van der Waals surface area contributed by atoms with Crippen LogP contribution in [0.25, 0.3) is 0 Å². The van der Waals surface area contributed by atoms with E-state index in [1.807, 2.05) is 74.5 Å². The highest BCUT2D eigenvalue weighted by molar-refractivity contribution is 7.10. The van der Waals surface area contributed by atoms with Gasteiger partial charge in [-0.25, -0.2) is 14.6 Å². The molecule has 0 saturated heterocycles. The smallest absolute Gasteiger partial charge is 0.407 e. The molecule has 2 heterocycles. The third kappa shape index (κ3) is 12.7. The van der Waals surface area contributed by atoms with Crippen molar-refractivity contribution in [3.05, 3.63) is 104 Å². The number of hydrogen-bond donors (Lipinski definition) is 5. The molecule has 2 aromatic heterocycles. The van der Waals surface area contributed by atoms with Crippen LogP contribution in [0.4, 0.5) is 9.59 Å². The first-order valence-electron chi connectivity index (χ1n) is 16.8. The minimum Gasteiger partial charge on any atom is -0.444 e. The molecule has 0 unspecified atom stereocenters. The number of aliphatic hydroxyl groups excluding tert-OH is 1. The molecule has 0 fully saturated rings. The average Bonchev–Trinajstić information content (AvgIpc) is 3.79. The summed E-state index contributed by atoms with van der Waals surface area (Å²) in [5.41, 5.74) is 3.06. The summed E-state index contributed by atoms with van der Waals surface area (Å²) in [5.74, 6) is -0.652. The predicted octanol–water partition coefficient (Wildman–Crippen LogP) is 5.01. The van der Waals surface area contributed by atoms with Crippen molar-refractivity contribution in [2.45, 2.75) is 89.9 Å². The highest BCUT2D eigenvalue weighted by atomic mass is 32.1. The summed E-state index contributed by atoms with van der Waals surface area (Å²) in [7, 11) is 1.62. The van der Waals surface area contributed by atoms with Crippen LogP contribution >= 0.6 is 22.7 Å². The lowest BCUT2D eigenvalue weighted by Gasteiger charge is -2.30. The number of nitrogens with one attached hydrogen (secondary N) is 3. The molecule has 4 rings (SSSR count). The number of ether oxygens (including phenoxy) is 1. The van der Waals surface area contributed by atoms with Crippen molar-refractivity contribution in [3.63, 3.8) is 0 Å². The fourth-order valence-electron chi connectivity index (χ4n) is 5.39. The van der Waals surface area contributed by atoms with Crippen LogP contribution in [-0.2, 0) is 41.1 Å². The maximum Gasteiger partial charge on any atom is 0.407 e. The molecule has 0 spiro atoms. The highest BCUT2D eigenvalue weighted by Crippen LogP contribution is 2.24. The summed E-state index contributed by atoms with van der Waals surface area (Å²) in [5, 5.41) is 33.1. The van der Waals surface area contributed by atoms with E-state index in [0.29, 0.717) is 23.5 Å². The first-order valence-corrected chi connectivity index (χ1v) is 18.6. The van der Waals surface area contributed by atoms with E-state index in [4.69, 9.17) is 4.74 Å². The molecule has 0 aliphatic carbocycles. The van der Waals surface area contributed by atoms with E-state index in [1.165, 1.54) is 27.6 Å². The molecular formula is C37H48N6O6S2. The number of hydrogen-bond acceptors (Lipinski definition) is 10. The Morgan fingerprint density at radius 1 is 0.941 bits per heavy atom. The lowest BCUT2D eigenvalue weighted by Crippen LogP contribution is -2.55. The molecule has 0 saturated carbocycles. The maximum atomic E-state index is 13.9. The molecule has 14 heteroatoms. The number of carbonyl (C=O) groups excluding carboxylic acids is 3. The lowest BCUT2D eigenvalue weighted by atomic mass is 9.93. The lowest BCUT2D eigenvalue weighted by molar-refractivity contribution is -0.124. The third-order valence-corrected chi connectivity index (χ3v) is 10.1. The van der Waals surface area contributed by atoms with Crippen molar-refractivity contribution < 1.29 is 29.3 Å². The number of nitrogens with zero attached hydrogens (tertiary/aromatic N) is 3. The van der Waals surface area contributed by atoms with Crippen molar-refractivity contribution in [1.29, 1.82) is 0 Å². The number of amides is 4. The van der Waals surface area contributed by atoms with Crippen molar-refractivity contribution in [3.8, 4) is 0 Å². The van der Waals surface area contributed by atoms with Crippen LogP contribution in [0, 0.1) is 5.92 Å². The zero-order valence-electron chi connectivity index (χ0n) is 29.6. The first kappa shape index (κ1) is 39.4. The van der Waals surface area contributed by atoms with E-state index in [1.54, 1.807) is 38.0 Å². The SMILES string of the molecule is CC(C)[C@H](NC(=O)N(C)Cc1csc(C(C)(C)O)n1)C(=O)N[C@H](Cc1ccccc1)C[C@H](O)[C@@H](Cc1ccccc1)NC(=O)OCc1cncs1. The van der Waals surface area contributed by atoms with Crippen molar-refractivity contribution in [2.75, 3.05) is 7.05 Å². The monoisotopic (exact) mass is 736 g/mol. The van der Waals surface area contributed by atoms with Gasteiger partial charge in [0, 0.05) is 24.7 Å². The molecule has 51 heavy (non-hydrogen) atoms. The van der Waals surface area contributed by atoms with Crippen molar-refractivity contribution >= 4 is 40.7 Å². The van der Waals surface area contributed by atoms with Gasteiger partial charge in [0.25, 0.3) is 0 Å². The summed E-state index contributed by atoms with van der Waals surface area (Å²) >= 11 is 2.69. The largest absolute Gasteiger partial charge is 0.444 e. The average molecular weight is 737 g/mol. The Hall–Kier alpha value is -4.37. The normalized spacial score (nSPS) is 13.9. The second-order valence-corrected chi connectivity index (χ2v) is 15.2. The van der Waals surface area contributed by atoms with Gasteiger partial charge in [0.15, 0.2) is 0 Å². The van der Waals surface area contributed by atoms with Crippen LogP contribution in [0.15, 0.2) is 77.8 Å². The van der Waals surface area contributed by atoms with Gasteiger partial charge in [-0.1, -0.05) is 74.5 Å². The molecule has 0 aliphatic heterocycles. The van der Waals surface area contributed by atoms with E-state index in [9.17, 15) is 24.6 Å². The van der Waals surface area contributed by atoms with Crippen LogP contribution < -0.4 is 16.0 Å². The Morgan fingerprint density at radius 2 is 1.59 bits per heavy atom. The van der Waals surface area contributed by atoms with Gasteiger partial charge < -0.3 is 35.8 Å². The van der Waals surface area contributed by atoms with E-state index in [2.05, 4.69) is 25.9 Å². The molecule has 2 aromatic carbocycles. The molecule has 5 N–H and O–H groups in total. The predicted molar refractivity (Wildman–Crippen MR) is 198 cm³/mol. The zero-order valence-corrected chi connectivity index (χ0v) is 31.2. The molecule has 4 amide bonds. The molecule has 4 aromatic rings. The number of rotatable bonds is 17. The number of benzene rings is 2. The Morgan fingerprint density at radius 3 is 2.16 bits per heavy atom. The van der Waals surface area contributed by atoms with Crippen LogP contribution in [0.1, 0.15) is 60.8 Å². The molecule has 4 atom stereocenters. The Labute approximate surface area is 307 Å². The number of carbonyl (C=O) groups is 3. The zero-order chi connectivity index (χ0) is 37.0. The van der Waals surface area contributed by atoms with E-state index >= 15 is 0 Å². The Kier molecular flexibility index (Phi) is 14.5. The quantitative estimate of drug-likeness (QED) is 0.101. The van der Waals surface area contributed by atoms with Gasteiger partial charge in [0.05, 0.1) is 34.8 Å². The van der Waals surface area contributed by atoms with Crippen LogP contribution in [0.2, 0.25) is 0 Å². The van der Waals surface area contributed by atoms with Gasteiger partial charge in [-0.15, -0.1) is 22.7 Å². The number of aromatic nitrogens is 2. The number of aliphatic hydroxyl groups is 2. The number of thiazole rings is 2. The summed E-state index contributed by atoms with van der Waals surface area (Å²) < 4.78 is 5.42. The molecular weight excluding hydrogens is 689 g/mol. The van der Waals surface area contributed by atoms with Gasteiger partial charge in [-0.05, 0) is 50.2 Å².